The first-order chi connectivity index (χ1) is 9.70. The van der Waals surface area contributed by atoms with E-state index >= 15 is 0 Å². The van der Waals surface area contributed by atoms with Crippen LogP contribution in [0.3, 0.4) is 0 Å². The van der Waals surface area contributed by atoms with Gasteiger partial charge in [0.25, 0.3) is 0 Å². The molecule has 0 aliphatic carbocycles. The SMILES string of the molecule is O=C(O)CCc1cn(Cc2cn3ccccc3n2)nn1. The fourth-order valence-corrected chi connectivity index (χ4v) is 1.99. The minimum Gasteiger partial charge on any atom is -0.481 e. The molecular formula is C13H13N5O2. The number of pyridine rings is 1. The Bertz CT molecular complexity index is 713. The number of hydrogen-bond donors (Lipinski definition) is 1. The van der Waals surface area contributed by atoms with Crippen LogP contribution < -0.4 is 0 Å². The van der Waals surface area contributed by atoms with E-state index in [4.69, 9.17) is 5.11 Å². The topological polar surface area (TPSA) is 85.3 Å². The highest BCUT2D eigenvalue weighted by Crippen LogP contribution is 2.06. The van der Waals surface area contributed by atoms with Gasteiger partial charge >= 0.3 is 5.97 Å². The van der Waals surface area contributed by atoms with Crippen molar-refractivity contribution in [3.8, 4) is 0 Å². The second kappa shape index (κ2) is 5.12. The van der Waals surface area contributed by atoms with Gasteiger partial charge in [-0.05, 0) is 12.1 Å². The molecule has 0 aromatic carbocycles. The van der Waals surface area contributed by atoms with Gasteiger partial charge in [0.2, 0.25) is 0 Å². The van der Waals surface area contributed by atoms with Crippen molar-refractivity contribution in [3.05, 3.63) is 48.2 Å². The van der Waals surface area contributed by atoms with Crippen LogP contribution in [0.1, 0.15) is 17.8 Å². The van der Waals surface area contributed by atoms with E-state index in [1.807, 2.05) is 35.0 Å². The summed E-state index contributed by atoms with van der Waals surface area (Å²) in [6.45, 7) is 0.516. The van der Waals surface area contributed by atoms with Crippen LogP contribution in [0.2, 0.25) is 0 Å². The van der Waals surface area contributed by atoms with Crippen molar-refractivity contribution in [1.29, 1.82) is 0 Å². The lowest BCUT2D eigenvalue weighted by Crippen LogP contribution is -2.00. The van der Waals surface area contributed by atoms with Crippen molar-refractivity contribution in [2.75, 3.05) is 0 Å². The zero-order valence-corrected chi connectivity index (χ0v) is 10.7. The van der Waals surface area contributed by atoms with Crippen LogP contribution in [0.5, 0.6) is 0 Å². The fraction of sp³-hybridized carbons (Fsp3) is 0.231. The second-order valence-electron chi connectivity index (χ2n) is 4.50. The average molecular weight is 271 g/mol. The molecule has 3 aromatic heterocycles. The third kappa shape index (κ3) is 2.66. The smallest absolute Gasteiger partial charge is 0.303 e. The van der Waals surface area contributed by atoms with Crippen LogP contribution in [0.4, 0.5) is 0 Å². The maximum Gasteiger partial charge on any atom is 0.303 e. The monoisotopic (exact) mass is 271 g/mol. The van der Waals surface area contributed by atoms with Crippen molar-refractivity contribution >= 4 is 11.6 Å². The molecular weight excluding hydrogens is 258 g/mol. The summed E-state index contributed by atoms with van der Waals surface area (Å²) in [7, 11) is 0. The van der Waals surface area contributed by atoms with Crippen LogP contribution in [0, 0.1) is 0 Å². The number of carboxylic acid groups (broad SMARTS) is 1. The molecule has 0 aliphatic heterocycles. The van der Waals surface area contributed by atoms with E-state index in [0.717, 1.165) is 11.3 Å². The molecule has 0 unspecified atom stereocenters. The van der Waals surface area contributed by atoms with E-state index in [9.17, 15) is 4.79 Å². The van der Waals surface area contributed by atoms with E-state index in [2.05, 4.69) is 15.3 Å². The van der Waals surface area contributed by atoms with Crippen LogP contribution in [-0.2, 0) is 17.8 Å². The van der Waals surface area contributed by atoms with E-state index < -0.39 is 5.97 Å². The van der Waals surface area contributed by atoms with Gasteiger partial charge in [-0.3, -0.25) is 4.79 Å². The number of nitrogens with zero attached hydrogens (tertiary/aromatic N) is 5. The number of aryl methyl sites for hydroxylation is 1. The van der Waals surface area contributed by atoms with Crippen molar-refractivity contribution in [2.24, 2.45) is 0 Å². The highest BCUT2D eigenvalue weighted by Gasteiger charge is 2.06. The highest BCUT2D eigenvalue weighted by atomic mass is 16.4. The Hall–Kier alpha value is -2.70. The molecule has 0 saturated heterocycles. The average Bonchev–Trinajstić information content (AvgIpc) is 3.02. The molecule has 3 aromatic rings. The first-order valence-electron chi connectivity index (χ1n) is 6.24. The summed E-state index contributed by atoms with van der Waals surface area (Å²) in [6, 6.07) is 5.81. The number of fused-ring (bicyclic) bond motifs is 1. The minimum absolute atomic E-state index is 0.0626. The van der Waals surface area contributed by atoms with Gasteiger partial charge in [0.05, 0.1) is 24.4 Å². The number of carbonyl (C=O) groups is 1. The van der Waals surface area contributed by atoms with E-state index in [0.29, 0.717) is 18.7 Å². The third-order valence-corrected chi connectivity index (χ3v) is 2.92. The van der Waals surface area contributed by atoms with Crippen molar-refractivity contribution < 1.29 is 9.90 Å². The molecule has 7 nitrogen and oxygen atoms in total. The number of rotatable bonds is 5. The summed E-state index contributed by atoms with van der Waals surface area (Å²) in [4.78, 5) is 15.0. The Labute approximate surface area is 114 Å². The van der Waals surface area contributed by atoms with Gasteiger partial charge in [-0.25, -0.2) is 9.67 Å². The molecule has 0 amide bonds. The van der Waals surface area contributed by atoms with Gasteiger partial charge in [0, 0.05) is 25.0 Å². The fourth-order valence-electron chi connectivity index (χ4n) is 1.99. The van der Waals surface area contributed by atoms with Crippen LogP contribution >= 0.6 is 0 Å². The predicted octanol–water partition coefficient (Wildman–Crippen LogP) is 0.991. The molecule has 3 rings (SSSR count). The normalized spacial score (nSPS) is 11.0. The Kier molecular flexibility index (Phi) is 3.16. The lowest BCUT2D eigenvalue weighted by Gasteiger charge is -1.94. The van der Waals surface area contributed by atoms with Gasteiger partial charge < -0.3 is 9.51 Å². The van der Waals surface area contributed by atoms with Gasteiger partial charge in [-0.1, -0.05) is 11.3 Å². The van der Waals surface area contributed by atoms with E-state index in [-0.39, 0.29) is 6.42 Å². The summed E-state index contributed by atoms with van der Waals surface area (Å²) in [5.74, 6) is -0.833. The number of imidazole rings is 1. The number of carboxylic acids is 1. The molecule has 0 bridgehead atoms. The summed E-state index contributed by atoms with van der Waals surface area (Å²) in [6.07, 6.45) is 6.08. The predicted molar refractivity (Wildman–Crippen MR) is 70.3 cm³/mol. The molecule has 1 N–H and O–H groups in total. The molecule has 0 saturated carbocycles. The molecule has 0 spiro atoms. The molecule has 102 valence electrons. The zero-order valence-electron chi connectivity index (χ0n) is 10.7. The van der Waals surface area contributed by atoms with Crippen molar-refractivity contribution in [2.45, 2.75) is 19.4 Å². The maximum atomic E-state index is 10.5. The van der Waals surface area contributed by atoms with Crippen molar-refractivity contribution in [3.63, 3.8) is 0 Å². The standard InChI is InChI=1S/C13H13N5O2/c19-13(20)5-4-10-8-18(16-15-10)9-11-7-17-6-2-1-3-12(17)14-11/h1-3,6-8H,4-5,9H2,(H,19,20). The number of aliphatic carboxylic acids is 1. The summed E-state index contributed by atoms with van der Waals surface area (Å²) in [5.41, 5.74) is 2.44. The second-order valence-corrected chi connectivity index (χ2v) is 4.50. The Morgan fingerprint density at radius 2 is 2.15 bits per heavy atom. The molecule has 0 fully saturated rings. The summed E-state index contributed by atoms with van der Waals surface area (Å²) < 4.78 is 3.61. The highest BCUT2D eigenvalue weighted by molar-refractivity contribution is 5.66. The van der Waals surface area contributed by atoms with Gasteiger partial charge in [-0.15, -0.1) is 5.10 Å². The van der Waals surface area contributed by atoms with Gasteiger partial charge in [0.15, 0.2) is 0 Å². The van der Waals surface area contributed by atoms with Crippen molar-refractivity contribution in [1.82, 2.24) is 24.4 Å². The molecule has 7 heteroatoms. The minimum atomic E-state index is -0.833. The zero-order chi connectivity index (χ0) is 13.9. The van der Waals surface area contributed by atoms with Crippen LogP contribution in [0.25, 0.3) is 5.65 Å². The Morgan fingerprint density at radius 3 is 2.95 bits per heavy atom. The van der Waals surface area contributed by atoms with Gasteiger partial charge in [0.1, 0.15) is 5.65 Å². The van der Waals surface area contributed by atoms with E-state index in [1.165, 1.54) is 0 Å². The number of hydrogen-bond acceptors (Lipinski definition) is 4. The first kappa shape index (κ1) is 12.3. The molecule has 3 heterocycles. The number of aromatic nitrogens is 5. The molecule has 0 radical (unpaired) electrons. The Morgan fingerprint density at radius 1 is 1.25 bits per heavy atom. The van der Waals surface area contributed by atoms with E-state index in [1.54, 1.807) is 10.9 Å². The third-order valence-electron chi connectivity index (χ3n) is 2.92. The Balaban J connectivity index is 1.72. The lowest BCUT2D eigenvalue weighted by atomic mass is 10.2. The first-order valence-corrected chi connectivity index (χ1v) is 6.24. The quantitative estimate of drug-likeness (QED) is 0.748. The van der Waals surface area contributed by atoms with Crippen LogP contribution in [-0.4, -0.2) is 35.5 Å². The van der Waals surface area contributed by atoms with Gasteiger partial charge in [-0.2, -0.15) is 0 Å². The lowest BCUT2D eigenvalue weighted by molar-refractivity contribution is -0.136. The summed E-state index contributed by atoms with van der Waals surface area (Å²) >= 11 is 0. The molecule has 20 heavy (non-hydrogen) atoms. The molecule has 0 aliphatic rings. The largest absolute Gasteiger partial charge is 0.481 e. The summed E-state index contributed by atoms with van der Waals surface area (Å²) in [5, 5.41) is 16.6. The van der Waals surface area contributed by atoms with Crippen LogP contribution in [0.15, 0.2) is 36.8 Å². The maximum absolute atomic E-state index is 10.5. The molecule has 0 atom stereocenters.